The molecule has 3 heteroatoms. The maximum atomic E-state index is 10.9. The molecule has 0 aromatic heterocycles. The summed E-state index contributed by atoms with van der Waals surface area (Å²) in [6.07, 6.45) is 6.65. The van der Waals surface area contributed by atoms with Crippen LogP contribution in [0.2, 0.25) is 0 Å². The number of amides is 1. The lowest BCUT2D eigenvalue weighted by molar-refractivity contribution is -0.118. The van der Waals surface area contributed by atoms with Crippen LogP contribution < -0.4 is 5.32 Å². The van der Waals surface area contributed by atoms with Gasteiger partial charge in [0.2, 0.25) is 5.91 Å². The summed E-state index contributed by atoms with van der Waals surface area (Å²) in [5.41, 5.74) is 0. The van der Waals surface area contributed by atoms with E-state index in [1.807, 2.05) is 0 Å². The SMILES string of the molecule is O=C(CCl)NC1C2CC=CCC21. The van der Waals surface area contributed by atoms with Crippen molar-refractivity contribution in [1.82, 2.24) is 5.32 Å². The first-order valence-corrected chi connectivity index (χ1v) is 4.86. The van der Waals surface area contributed by atoms with Crippen molar-refractivity contribution in [2.75, 3.05) is 5.88 Å². The number of carbonyl (C=O) groups is 1. The van der Waals surface area contributed by atoms with Gasteiger partial charge >= 0.3 is 0 Å². The van der Waals surface area contributed by atoms with Gasteiger partial charge in [-0.05, 0) is 24.7 Å². The highest BCUT2D eigenvalue weighted by molar-refractivity contribution is 6.27. The summed E-state index contributed by atoms with van der Waals surface area (Å²) in [5, 5.41) is 2.93. The molecule has 1 amide bonds. The lowest BCUT2D eigenvalue weighted by Crippen LogP contribution is -2.28. The molecule has 0 spiro atoms. The van der Waals surface area contributed by atoms with Gasteiger partial charge in [-0.25, -0.2) is 0 Å². The van der Waals surface area contributed by atoms with Gasteiger partial charge in [0.1, 0.15) is 5.88 Å². The number of halogens is 1. The maximum Gasteiger partial charge on any atom is 0.235 e. The number of hydrogen-bond acceptors (Lipinski definition) is 1. The minimum Gasteiger partial charge on any atom is -0.352 e. The second kappa shape index (κ2) is 3.09. The highest BCUT2D eigenvalue weighted by atomic mass is 35.5. The zero-order valence-corrected chi connectivity index (χ0v) is 7.55. The number of fused-ring (bicyclic) bond motifs is 1. The van der Waals surface area contributed by atoms with Crippen LogP contribution in [0.4, 0.5) is 0 Å². The van der Waals surface area contributed by atoms with Crippen LogP contribution in [0.5, 0.6) is 0 Å². The van der Waals surface area contributed by atoms with E-state index in [4.69, 9.17) is 11.6 Å². The molecule has 2 unspecified atom stereocenters. The molecule has 0 aliphatic heterocycles. The Morgan fingerprint density at radius 2 is 2.00 bits per heavy atom. The molecule has 1 fully saturated rings. The van der Waals surface area contributed by atoms with Crippen molar-refractivity contribution in [3.8, 4) is 0 Å². The zero-order valence-electron chi connectivity index (χ0n) is 6.79. The summed E-state index contributed by atoms with van der Waals surface area (Å²) in [7, 11) is 0. The number of carbonyl (C=O) groups excluding carboxylic acids is 1. The molecule has 2 rings (SSSR count). The molecule has 2 aliphatic rings. The first kappa shape index (κ1) is 8.11. The molecule has 1 saturated carbocycles. The molecule has 2 nitrogen and oxygen atoms in total. The van der Waals surface area contributed by atoms with Crippen LogP contribution in [-0.2, 0) is 4.79 Å². The summed E-state index contributed by atoms with van der Waals surface area (Å²) < 4.78 is 0. The Bertz CT molecular complexity index is 213. The minimum absolute atomic E-state index is 0.0314. The fourth-order valence-electron chi connectivity index (χ4n) is 2.03. The molecular weight excluding hydrogens is 174 g/mol. The summed E-state index contributed by atoms with van der Waals surface area (Å²) in [5.74, 6) is 1.45. The first-order chi connectivity index (χ1) is 5.83. The van der Waals surface area contributed by atoms with E-state index in [0.717, 1.165) is 12.8 Å². The number of hydrogen-bond donors (Lipinski definition) is 1. The van der Waals surface area contributed by atoms with E-state index in [2.05, 4.69) is 17.5 Å². The number of allylic oxidation sites excluding steroid dienone is 2. The fraction of sp³-hybridized carbons (Fsp3) is 0.667. The number of rotatable bonds is 2. The summed E-state index contributed by atoms with van der Waals surface area (Å²) in [4.78, 5) is 10.9. The highest BCUT2D eigenvalue weighted by Gasteiger charge is 2.49. The van der Waals surface area contributed by atoms with Crippen molar-refractivity contribution in [1.29, 1.82) is 0 Å². The first-order valence-electron chi connectivity index (χ1n) is 4.33. The fourth-order valence-corrected chi connectivity index (χ4v) is 2.11. The summed E-state index contributed by atoms with van der Waals surface area (Å²) in [6, 6.07) is 0.409. The van der Waals surface area contributed by atoms with Crippen LogP contribution in [0, 0.1) is 11.8 Å². The van der Waals surface area contributed by atoms with Crippen LogP contribution in [0.1, 0.15) is 12.8 Å². The predicted octanol–water partition coefficient (Wildman–Crippen LogP) is 1.31. The third-order valence-electron chi connectivity index (χ3n) is 2.76. The third kappa shape index (κ3) is 1.36. The van der Waals surface area contributed by atoms with Crippen LogP contribution in [0.15, 0.2) is 12.2 Å². The molecular formula is C9H12ClNO. The van der Waals surface area contributed by atoms with Gasteiger partial charge in [0.15, 0.2) is 0 Å². The van der Waals surface area contributed by atoms with Gasteiger partial charge in [-0.3, -0.25) is 4.79 Å². The molecule has 2 atom stereocenters. The van der Waals surface area contributed by atoms with Crippen molar-refractivity contribution in [2.24, 2.45) is 11.8 Å². The van der Waals surface area contributed by atoms with Crippen LogP contribution >= 0.6 is 11.6 Å². The predicted molar refractivity (Wildman–Crippen MR) is 48.0 cm³/mol. The number of alkyl halides is 1. The van der Waals surface area contributed by atoms with Gasteiger partial charge in [0.25, 0.3) is 0 Å². The van der Waals surface area contributed by atoms with Crippen molar-refractivity contribution in [3.63, 3.8) is 0 Å². The average molecular weight is 186 g/mol. The standard InChI is InChI=1S/C9H12ClNO/c10-5-8(12)11-9-6-3-1-2-4-7(6)9/h1-2,6-7,9H,3-5H2,(H,11,12). The Morgan fingerprint density at radius 3 is 2.50 bits per heavy atom. The lowest BCUT2D eigenvalue weighted by Gasteiger charge is -1.99. The Morgan fingerprint density at radius 1 is 1.42 bits per heavy atom. The Labute approximate surface area is 77.0 Å². The normalized spacial score (nSPS) is 37.2. The minimum atomic E-state index is -0.0314. The van der Waals surface area contributed by atoms with E-state index in [1.165, 1.54) is 0 Å². The van der Waals surface area contributed by atoms with E-state index >= 15 is 0 Å². The highest BCUT2D eigenvalue weighted by Crippen LogP contribution is 2.47. The van der Waals surface area contributed by atoms with Crippen LogP contribution in [-0.4, -0.2) is 17.8 Å². The second-order valence-corrected chi connectivity index (χ2v) is 3.76. The van der Waals surface area contributed by atoms with Gasteiger partial charge < -0.3 is 5.32 Å². The molecule has 2 aliphatic carbocycles. The van der Waals surface area contributed by atoms with Crippen LogP contribution in [0.25, 0.3) is 0 Å². The van der Waals surface area contributed by atoms with Gasteiger partial charge in [-0.15, -0.1) is 11.6 Å². The van der Waals surface area contributed by atoms with Gasteiger partial charge in [0, 0.05) is 6.04 Å². The quantitative estimate of drug-likeness (QED) is 0.510. The zero-order chi connectivity index (χ0) is 8.55. The molecule has 0 heterocycles. The third-order valence-corrected chi connectivity index (χ3v) is 3.01. The van der Waals surface area contributed by atoms with E-state index in [9.17, 15) is 4.79 Å². The molecule has 0 saturated heterocycles. The summed E-state index contributed by atoms with van der Waals surface area (Å²) >= 11 is 5.39. The van der Waals surface area contributed by atoms with E-state index in [1.54, 1.807) is 0 Å². The Kier molecular flexibility index (Phi) is 2.09. The molecule has 0 aromatic carbocycles. The largest absolute Gasteiger partial charge is 0.352 e. The van der Waals surface area contributed by atoms with Crippen molar-refractivity contribution in [3.05, 3.63) is 12.2 Å². The average Bonchev–Trinajstić information content (AvgIpc) is 2.80. The van der Waals surface area contributed by atoms with Gasteiger partial charge in [-0.2, -0.15) is 0 Å². The molecule has 0 bridgehead atoms. The Balaban J connectivity index is 1.83. The van der Waals surface area contributed by atoms with E-state index in [0.29, 0.717) is 17.9 Å². The molecule has 66 valence electrons. The van der Waals surface area contributed by atoms with E-state index < -0.39 is 0 Å². The second-order valence-electron chi connectivity index (χ2n) is 3.50. The smallest absolute Gasteiger partial charge is 0.235 e. The van der Waals surface area contributed by atoms with Crippen molar-refractivity contribution < 1.29 is 4.79 Å². The van der Waals surface area contributed by atoms with Crippen molar-refractivity contribution >= 4 is 17.5 Å². The van der Waals surface area contributed by atoms with Gasteiger partial charge in [-0.1, -0.05) is 12.2 Å². The number of nitrogens with one attached hydrogen (secondary N) is 1. The van der Waals surface area contributed by atoms with Gasteiger partial charge in [0.05, 0.1) is 0 Å². The van der Waals surface area contributed by atoms with Crippen LogP contribution in [0.3, 0.4) is 0 Å². The monoisotopic (exact) mass is 185 g/mol. The summed E-state index contributed by atoms with van der Waals surface area (Å²) in [6.45, 7) is 0. The van der Waals surface area contributed by atoms with Crippen molar-refractivity contribution in [2.45, 2.75) is 18.9 Å². The molecule has 0 radical (unpaired) electrons. The van der Waals surface area contributed by atoms with E-state index in [-0.39, 0.29) is 11.8 Å². The topological polar surface area (TPSA) is 29.1 Å². The maximum absolute atomic E-state index is 10.9. The Hall–Kier alpha value is -0.500. The molecule has 12 heavy (non-hydrogen) atoms. The molecule has 1 N–H and O–H groups in total. The lowest BCUT2D eigenvalue weighted by atomic mass is 10.1. The molecule has 0 aromatic rings.